The Morgan fingerprint density at radius 3 is 2.76 bits per heavy atom. The van der Waals surface area contributed by atoms with E-state index in [4.69, 9.17) is 0 Å². The molecular formula is C16H23N3O2. The normalized spacial score (nSPS) is 22.0. The highest BCUT2D eigenvalue weighted by Gasteiger charge is 2.31. The summed E-state index contributed by atoms with van der Waals surface area (Å²) in [4.78, 5) is 13.1. The Morgan fingerprint density at radius 2 is 2.19 bits per heavy atom. The number of nitro groups is 1. The molecule has 1 saturated carbocycles. The first-order valence-electron chi connectivity index (χ1n) is 7.87. The molecule has 0 amide bonds. The van der Waals surface area contributed by atoms with Crippen molar-refractivity contribution in [1.29, 1.82) is 0 Å². The number of rotatable bonds is 5. The molecule has 0 aromatic heterocycles. The van der Waals surface area contributed by atoms with Crippen LogP contribution >= 0.6 is 0 Å². The van der Waals surface area contributed by atoms with Crippen LogP contribution in [0.4, 0.5) is 11.4 Å². The summed E-state index contributed by atoms with van der Waals surface area (Å²) in [5.74, 6) is 0.690. The molecule has 1 N–H and O–H groups in total. The zero-order chi connectivity index (χ0) is 14.8. The van der Waals surface area contributed by atoms with Crippen LogP contribution in [0.3, 0.4) is 0 Å². The average molecular weight is 289 g/mol. The van der Waals surface area contributed by atoms with Gasteiger partial charge in [0, 0.05) is 29.9 Å². The van der Waals surface area contributed by atoms with Crippen LogP contribution < -0.4 is 10.2 Å². The lowest BCUT2D eigenvalue weighted by Crippen LogP contribution is -2.39. The van der Waals surface area contributed by atoms with Gasteiger partial charge in [0.1, 0.15) is 0 Å². The minimum Gasteiger partial charge on any atom is -0.368 e. The van der Waals surface area contributed by atoms with Gasteiger partial charge < -0.3 is 10.2 Å². The van der Waals surface area contributed by atoms with Crippen molar-refractivity contribution in [2.24, 2.45) is 5.92 Å². The second-order valence-corrected chi connectivity index (χ2v) is 6.32. The molecule has 0 radical (unpaired) electrons. The third kappa shape index (κ3) is 3.35. The van der Waals surface area contributed by atoms with E-state index in [0.29, 0.717) is 12.0 Å². The molecule has 1 aromatic carbocycles. The van der Waals surface area contributed by atoms with Crippen LogP contribution in [0.25, 0.3) is 0 Å². The fraction of sp³-hybridized carbons (Fsp3) is 0.625. The van der Waals surface area contributed by atoms with Crippen LogP contribution in [0.15, 0.2) is 18.2 Å². The van der Waals surface area contributed by atoms with Gasteiger partial charge in [0.15, 0.2) is 0 Å². The number of nitrogens with one attached hydrogen (secondary N) is 1. The molecule has 2 fully saturated rings. The van der Waals surface area contributed by atoms with Crippen molar-refractivity contribution in [2.45, 2.75) is 38.6 Å². The zero-order valence-electron chi connectivity index (χ0n) is 12.5. The lowest BCUT2D eigenvalue weighted by Gasteiger charge is -2.32. The standard InChI is InChI=1S/C16H23N3O2/c1-12-9-15(6-7-16(12)19(20)21)18(14-4-5-14)11-13-3-2-8-17-10-13/h6-7,9,13-14,17H,2-5,8,10-11H2,1H3. The number of hydrogen-bond acceptors (Lipinski definition) is 4. The number of benzene rings is 1. The molecule has 1 unspecified atom stereocenters. The van der Waals surface area contributed by atoms with E-state index in [1.807, 2.05) is 19.1 Å². The van der Waals surface area contributed by atoms with Crippen LogP contribution in [0, 0.1) is 23.0 Å². The third-order valence-electron chi connectivity index (χ3n) is 4.55. The number of anilines is 1. The van der Waals surface area contributed by atoms with Crippen LogP contribution in [0.5, 0.6) is 0 Å². The Kier molecular flexibility index (Phi) is 4.10. The molecule has 1 heterocycles. The average Bonchev–Trinajstić information content (AvgIpc) is 3.30. The quantitative estimate of drug-likeness (QED) is 0.669. The molecule has 2 aliphatic rings. The smallest absolute Gasteiger partial charge is 0.272 e. The van der Waals surface area contributed by atoms with E-state index in [0.717, 1.165) is 30.9 Å². The summed E-state index contributed by atoms with van der Waals surface area (Å²) in [6.45, 7) is 5.12. The van der Waals surface area contributed by atoms with Crippen molar-refractivity contribution in [3.8, 4) is 0 Å². The fourth-order valence-electron chi connectivity index (χ4n) is 3.23. The summed E-state index contributed by atoms with van der Waals surface area (Å²) in [7, 11) is 0. The number of piperidine rings is 1. The van der Waals surface area contributed by atoms with Gasteiger partial charge in [0.2, 0.25) is 0 Å². The number of nitrogens with zero attached hydrogens (tertiary/aromatic N) is 2. The molecule has 5 heteroatoms. The monoisotopic (exact) mass is 289 g/mol. The van der Waals surface area contributed by atoms with E-state index in [-0.39, 0.29) is 10.6 Å². The molecule has 1 saturated heterocycles. The van der Waals surface area contributed by atoms with Crippen molar-refractivity contribution < 1.29 is 4.92 Å². The Bertz CT molecular complexity index is 522. The number of nitro benzene ring substituents is 1. The Labute approximate surface area is 125 Å². The van der Waals surface area contributed by atoms with Crippen molar-refractivity contribution in [2.75, 3.05) is 24.5 Å². The van der Waals surface area contributed by atoms with Crippen molar-refractivity contribution >= 4 is 11.4 Å². The van der Waals surface area contributed by atoms with E-state index in [1.165, 1.54) is 25.7 Å². The van der Waals surface area contributed by atoms with Gasteiger partial charge in [-0.3, -0.25) is 10.1 Å². The molecule has 1 atom stereocenters. The first kappa shape index (κ1) is 14.3. The van der Waals surface area contributed by atoms with Crippen molar-refractivity contribution in [1.82, 2.24) is 5.32 Å². The topological polar surface area (TPSA) is 58.4 Å². The van der Waals surface area contributed by atoms with Gasteiger partial charge in [-0.05, 0) is 63.7 Å². The fourth-order valence-corrected chi connectivity index (χ4v) is 3.23. The van der Waals surface area contributed by atoms with Crippen LogP contribution in [0.2, 0.25) is 0 Å². The second kappa shape index (κ2) is 6.02. The van der Waals surface area contributed by atoms with E-state index in [1.54, 1.807) is 6.07 Å². The van der Waals surface area contributed by atoms with Crippen molar-refractivity contribution in [3.63, 3.8) is 0 Å². The van der Waals surface area contributed by atoms with Gasteiger partial charge in [-0.1, -0.05) is 0 Å². The largest absolute Gasteiger partial charge is 0.368 e. The summed E-state index contributed by atoms with van der Waals surface area (Å²) >= 11 is 0. The maximum absolute atomic E-state index is 10.9. The van der Waals surface area contributed by atoms with Gasteiger partial charge in [0.05, 0.1) is 4.92 Å². The van der Waals surface area contributed by atoms with Crippen molar-refractivity contribution in [3.05, 3.63) is 33.9 Å². The lowest BCUT2D eigenvalue weighted by atomic mass is 9.98. The summed E-state index contributed by atoms with van der Waals surface area (Å²) in [5.41, 5.74) is 2.12. The molecule has 114 valence electrons. The van der Waals surface area contributed by atoms with Crippen LogP contribution in [-0.2, 0) is 0 Å². The summed E-state index contributed by atoms with van der Waals surface area (Å²) in [5, 5.41) is 14.4. The summed E-state index contributed by atoms with van der Waals surface area (Å²) in [6.07, 6.45) is 5.02. The van der Waals surface area contributed by atoms with Gasteiger partial charge in [-0.25, -0.2) is 0 Å². The first-order valence-corrected chi connectivity index (χ1v) is 7.87. The molecule has 3 rings (SSSR count). The second-order valence-electron chi connectivity index (χ2n) is 6.32. The summed E-state index contributed by atoms with van der Waals surface area (Å²) in [6, 6.07) is 6.18. The molecule has 0 bridgehead atoms. The Hall–Kier alpha value is -1.62. The maximum atomic E-state index is 10.9. The highest BCUT2D eigenvalue weighted by molar-refractivity contribution is 5.56. The molecule has 0 spiro atoms. The van der Waals surface area contributed by atoms with E-state index in [2.05, 4.69) is 10.2 Å². The van der Waals surface area contributed by atoms with Crippen LogP contribution in [0.1, 0.15) is 31.2 Å². The van der Waals surface area contributed by atoms with Gasteiger partial charge in [-0.2, -0.15) is 0 Å². The molecule has 1 aliphatic heterocycles. The van der Waals surface area contributed by atoms with Crippen LogP contribution in [-0.4, -0.2) is 30.6 Å². The maximum Gasteiger partial charge on any atom is 0.272 e. The van der Waals surface area contributed by atoms with Gasteiger partial charge in [-0.15, -0.1) is 0 Å². The predicted molar refractivity (Wildman–Crippen MR) is 83.8 cm³/mol. The number of hydrogen-bond donors (Lipinski definition) is 1. The lowest BCUT2D eigenvalue weighted by molar-refractivity contribution is -0.385. The predicted octanol–water partition coefficient (Wildman–Crippen LogP) is 2.87. The Balaban J connectivity index is 1.77. The van der Waals surface area contributed by atoms with E-state index < -0.39 is 0 Å². The summed E-state index contributed by atoms with van der Waals surface area (Å²) < 4.78 is 0. The van der Waals surface area contributed by atoms with E-state index in [9.17, 15) is 10.1 Å². The molecule has 21 heavy (non-hydrogen) atoms. The van der Waals surface area contributed by atoms with Gasteiger partial charge >= 0.3 is 0 Å². The first-order chi connectivity index (χ1) is 10.1. The third-order valence-corrected chi connectivity index (χ3v) is 4.55. The highest BCUT2D eigenvalue weighted by atomic mass is 16.6. The number of aryl methyl sites for hydroxylation is 1. The molecule has 5 nitrogen and oxygen atoms in total. The molecule has 1 aromatic rings. The van der Waals surface area contributed by atoms with Gasteiger partial charge in [0.25, 0.3) is 5.69 Å². The minimum atomic E-state index is -0.300. The van der Waals surface area contributed by atoms with E-state index >= 15 is 0 Å². The Morgan fingerprint density at radius 1 is 1.38 bits per heavy atom. The SMILES string of the molecule is Cc1cc(N(CC2CCCNC2)C2CC2)ccc1[N+](=O)[O-]. The highest BCUT2D eigenvalue weighted by Crippen LogP contribution is 2.34. The molecular weight excluding hydrogens is 266 g/mol. The molecule has 1 aliphatic carbocycles. The minimum absolute atomic E-state index is 0.217. The zero-order valence-corrected chi connectivity index (χ0v) is 12.5.